The molecule has 0 unspecified atom stereocenters. The fourth-order valence-electron chi connectivity index (χ4n) is 2.12. The molecule has 0 aliphatic rings. The monoisotopic (exact) mass is 348 g/mol. The van der Waals surface area contributed by atoms with Gasteiger partial charge in [-0.25, -0.2) is 0 Å². The van der Waals surface area contributed by atoms with Gasteiger partial charge in [0.25, 0.3) is 0 Å². The fraction of sp³-hybridized carbons (Fsp3) is 0.471. The summed E-state index contributed by atoms with van der Waals surface area (Å²) in [5, 5.41) is 13.7. The molecule has 0 aliphatic heterocycles. The number of rotatable bonds is 7. The van der Waals surface area contributed by atoms with Crippen molar-refractivity contribution in [3.8, 4) is 11.5 Å². The second kappa shape index (κ2) is 8.19. The third kappa shape index (κ3) is 4.29. The normalized spacial score (nSPS) is 11.7. The lowest BCUT2D eigenvalue weighted by atomic mass is 10.2. The lowest BCUT2D eigenvalue weighted by molar-refractivity contribution is 0.230. The molecule has 0 saturated carbocycles. The predicted molar refractivity (Wildman–Crippen MR) is 97.6 cm³/mol. The van der Waals surface area contributed by atoms with E-state index < -0.39 is 0 Å². The van der Waals surface area contributed by atoms with Crippen molar-refractivity contribution in [1.82, 2.24) is 14.9 Å². The van der Waals surface area contributed by atoms with Crippen LogP contribution in [0.2, 0.25) is 0 Å². The van der Waals surface area contributed by atoms with E-state index in [-0.39, 0.29) is 12.0 Å². The first kappa shape index (κ1) is 18.3. The van der Waals surface area contributed by atoms with Crippen LogP contribution in [0, 0.1) is 0 Å². The summed E-state index contributed by atoms with van der Waals surface area (Å²) < 4.78 is 12.9. The first-order chi connectivity index (χ1) is 11.5. The molecule has 7 heteroatoms. The highest BCUT2D eigenvalue weighted by molar-refractivity contribution is 7.98. The van der Waals surface area contributed by atoms with Crippen LogP contribution in [0.5, 0.6) is 11.5 Å². The van der Waals surface area contributed by atoms with E-state index in [2.05, 4.69) is 29.1 Å². The molecule has 0 radical (unpaired) electrons. The summed E-state index contributed by atoms with van der Waals surface area (Å²) in [5.74, 6) is 2.49. The SMILES string of the molecule is COc1ccc(/C=N\n2c(SC)nnc2C(C)C)cc1OC(C)C. The second-order valence-electron chi connectivity index (χ2n) is 5.83. The van der Waals surface area contributed by atoms with Crippen molar-refractivity contribution in [2.24, 2.45) is 5.10 Å². The lowest BCUT2D eigenvalue weighted by Crippen LogP contribution is -2.07. The van der Waals surface area contributed by atoms with Crippen molar-refractivity contribution < 1.29 is 9.47 Å². The van der Waals surface area contributed by atoms with Crippen LogP contribution in [0.1, 0.15) is 45.0 Å². The number of hydrogen-bond acceptors (Lipinski definition) is 6. The highest BCUT2D eigenvalue weighted by Gasteiger charge is 2.13. The molecule has 24 heavy (non-hydrogen) atoms. The Balaban J connectivity index is 2.34. The largest absolute Gasteiger partial charge is 0.493 e. The minimum absolute atomic E-state index is 0.0691. The van der Waals surface area contributed by atoms with Gasteiger partial charge in [-0.05, 0) is 43.9 Å². The van der Waals surface area contributed by atoms with Gasteiger partial charge >= 0.3 is 0 Å². The van der Waals surface area contributed by atoms with Gasteiger partial charge in [-0.1, -0.05) is 25.6 Å². The van der Waals surface area contributed by atoms with E-state index in [9.17, 15) is 0 Å². The van der Waals surface area contributed by atoms with E-state index in [4.69, 9.17) is 9.47 Å². The number of nitrogens with zero attached hydrogens (tertiary/aromatic N) is 4. The Hall–Kier alpha value is -2.02. The van der Waals surface area contributed by atoms with Crippen molar-refractivity contribution in [2.45, 2.75) is 44.9 Å². The smallest absolute Gasteiger partial charge is 0.211 e. The predicted octanol–water partition coefficient (Wildman–Crippen LogP) is 3.80. The van der Waals surface area contributed by atoms with E-state index in [1.807, 2.05) is 38.3 Å². The summed E-state index contributed by atoms with van der Waals surface area (Å²) in [4.78, 5) is 0. The lowest BCUT2D eigenvalue weighted by Gasteiger charge is -2.13. The molecule has 0 aliphatic carbocycles. The Kier molecular flexibility index (Phi) is 6.25. The zero-order chi connectivity index (χ0) is 17.7. The zero-order valence-electron chi connectivity index (χ0n) is 15.0. The van der Waals surface area contributed by atoms with E-state index in [0.29, 0.717) is 11.5 Å². The van der Waals surface area contributed by atoms with Gasteiger partial charge in [0.1, 0.15) is 0 Å². The molecule has 0 N–H and O–H groups in total. The minimum Gasteiger partial charge on any atom is -0.493 e. The molecule has 0 fully saturated rings. The van der Waals surface area contributed by atoms with Gasteiger partial charge < -0.3 is 9.47 Å². The number of methoxy groups -OCH3 is 1. The van der Waals surface area contributed by atoms with Crippen LogP contribution in [0.15, 0.2) is 28.5 Å². The van der Waals surface area contributed by atoms with Gasteiger partial charge in [-0.15, -0.1) is 10.2 Å². The Morgan fingerprint density at radius 2 is 1.92 bits per heavy atom. The third-order valence-corrected chi connectivity index (χ3v) is 3.83. The maximum atomic E-state index is 5.80. The highest BCUT2D eigenvalue weighted by Crippen LogP contribution is 2.28. The first-order valence-corrected chi connectivity index (χ1v) is 9.07. The van der Waals surface area contributed by atoms with Crippen LogP contribution in [0.3, 0.4) is 0 Å². The van der Waals surface area contributed by atoms with E-state index in [0.717, 1.165) is 16.5 Å². The van der Waals surface area contributed by atoms with Crippen molar-refractivity contribution in [1.29, 1.82) is 0 Å². The Labute approximate surface area is 147 Å². The molecule has 130 valence electrons. The van der Waals surface area contributed by atoms with Crippen LogP contribution in [0.4, 0.5) is 0 Å². The summed E-state index contributed by atoms with van der Waals surface area (Å²) >= 11 is 1.52. The van der Waals surface area contributed by atoms with Gasteiger partial charge in [0, 0.05) is 5.92 Å². The quantitative estimate of drug-likeness (QED) is 0.562. The number of ether oxygens (including phenoxy) is 2. The molecule has 2 rings (SSSR count). The van der Waals surface area contributed by atoms with E-state index in [1.54, 1.807) is 18.0 Å². The molecule has 0 saturated heterocycles. The van der Waals surface area contributed by atoms with Gasteiger partial charge in [0.05, 0.1) is 19.4 Å². The van der Waals surface area contributed by atoms with Crippen molar-refractivity contribution >= 4 is 18.0 Å². The molecule has 0 spiro atoms. The maximum Gasteiger partial charge on any atom is 0.211 e. The fourth-order valence-corrected chi connectivity index (χ4v) is 2.55. The van der Waals surface area contributed by atoms with Gasteiger partial charge in [-0.3, -0.25) is 0 Å². The van der Waals surface area contributed by atoms with Crippen LogP contribution >= 0.6 is 11.8 Å². The molecule has 1 aromatic heterocycles. The molecule has 0 amide bonds. The van der Waals surface area contributed by atoms with Crippen LogP contribution in [0.25, 0.3) is 0 Å². The number of thioether (sulfide) groups is 1. The minimum atomic E-state index is 0.0691. The average Bonchev–Trinajstić information content (AvgIpc) is 2.95. The van der Waals surface area contributed by atoms with Gasteiger partial charge in [-0.2, -0.15) is 9.78 Å². The Morgan fingerprint density at radius 1 is 1.17 bits per heavy atom. The van der Waals surface area contributed by atoms with Crippen LogP contribution in [-0.2, 0) is 0 Å². The maximum absolute atomic E-state index is 5.80. The second-order valence-corrected chi connectivity index (χ2v) is 6.61. The molecular formula is C17H24N4O2S. The van der Waals surface area contributed by atoms with E-state index in [1.165, 1.54) is 11.8 Å². The zero-order valence-corrected chi connectivity index (χ0v) is 15.8. The van der Waals surface area contributed by atoms with Crippen LogP contribution in [-0.4, -0.2) is 40.6 Å². The van der Waals surface area contributed by atoms with Crippen molar-refractivity contribution in [2.75, 3.05) is 13.4 Å². The first-order valence-electron chi connectivity index (χ1n) is 7.84. The molecular weight excluding hydrogens is 324 g/mol. The highest BCUT2D eigenvalue weighted by atomic mass is 32.2. The standard InChI is InChI=1S/C17H24N4O2S/c1-11(2)16-19-20-17(24-6)21(16)18-10-13-7-8-14(22-5)15(9-13)23-12(3)4/h7-12H,1-6H3/b18-10-. The topological polar surface area (TPSA) is 61.5 Å². The van der Waals surface area contributed by atoms with Gasteiger partial charge in [0.2, 0.25) is 5.16 Å². The molecule has 1 aromatic carbocycles. The summed E-state index contributed by atoms with van der Waals surface area (Å²) in [6, 6.07) is 5.73. The van der Waals surface area contributed by atoms with Gasteiger partial charge in [0.15, 0.2) is 17.3 Å². The summed E-state index contributed by atoms with van der Waals surface area (Å²) in [7, 11) is 1.63. The number of hydrogen-bond donors (Lipinski definition) is 0. The summed E-state index contributed by atoms with van der Waals surface area (Å²) in [5.41, 5.74) is 0.918. The van der Waals surface area contributed by atoms with Crippen molar-refractivity contribution in [3.05, 3.63) is 29.6 Å². The number of aromatic nitrogens is 3. The Morgan fingerprint density at radius 3 is 2.50 bits per heavy atom. The van der Waals surface area contributed by atoms with E-state index >= 15 is 0 Å². The summed E-state index contributed by atoms with van der Waals surface area (Å²) in [6.45, 7) is 8.11. The Bertz CT molecular complexity index is 711. The molecule has 0 atom stereocenters. The van der Waals surface area contributed by atoms with Crippen molar-refractivity contribution in [3.63, 3.8) is 0 Å². The molecule has 0 bridgehead atoms. The van der Waals surface area contributed by atoms with Crippen LogP contribution < -0.4 is 9.47 Å². The molecule has 2 aromatic rings. The molecule has 6 nitrogen and oxygen atoms in total. The third-order valence-electron chi connectivity index (χ3n) is 3.21. The number of benzene rings is 1. The summed E-state index contributed by atoms with van der Waals surface area (Å²) in [6.07, 6.45) is 3.81. The average molecular weight is 348 g/mol. The molecule has 1 heterocycles.